The van der Waals surface area contributed by atoms with Crippen LogP contribution in [0.1, 0.15) is 50.2 Å². The molecule has 1 N–H and O–H groups in total. The Morgan fingerprint density at radius 3 is 2.03 bits per heavy atom. The summed E-state index contributed by atoms with van der Waals surface area (Å²) >= 11 is 0. The third-order valence-electron chi connectivity index (χ3n) is 7.15. The first-order valence-electron chi connectivity index (χ1n) is 13.3. The van der Waals surface area contributed by atoms with Gasteiger partial charge in [-0.05, 0) is 42.0 Å². The molecule has 0 aliphatic heterocycles. The first-order valence-corrected chi connectivity index (χ1v) is 13.3. The smallest absolute Gasteiger partial charge is 0.329 e. The molecule has 1 aliphatic rings. The molecule has 1 aliphatic carbocycles. The molecule has 1 amide bonds. The quantitative estimate of drug-likeness (QED) is 0.336. The number of rotatable bonds is 11. The van der Waals surface area contributed by atoms with Crippen molar-refractivity contribution < 1.29 is 23.9 Å². The molecule has 0 aromatic heterocycles. The van der Waals surface area contributed by atoms with Gasteiger partial charge in [0.05, 0.1) is 18.4 Å². The minimum absolute atomic E-state index is 0.0181. The lowest BCUT2D eigenvalue weighted by molar-refractivity contribution is -0.153. The molecule has 6 nitrogen and oxygen atoms in total. The highest BCUT2D eigenvalue weighted by atomic mass is 16.5. The maximum absolute atomic E-state index is 13.6. The Labute approximate surface area is 224 Å². The third kappa shape index (κ3) is 7.09. The first kappa shape index (κ1) is 27.1. The number of hydrogen-bond donors (Lipinski definition) is 1. The van der Waals surface area contributed by atoms with Crippen LogP contribution in [0.15, 0.2) is 84.9 Å². The van der Waals surface area contributed by atoms with E-state index in [1.54, 1.807) is 6.92 Å². The van der Waals surface area contributed by atoms with Crippen LogP contribution >= 0.6 is 0 Å². The van der Waals surface area contributed by atoms with Crippen LogP contribution < -0.4 is 5.32 Å². The molecular formula is C32H35NO5. The molecule has 1 saturated carbocycles. The molecular weight excluding hydrogens is 478 g/mol. The molecule has 0 heterocycles. The lowest BCUT2D eigenvalue weighted by Gasteiger charge is -2.29. The molecule has 3 aromatic carbocycles. The van der Waals surface area contributed by atoms with Gasteiger partial charge in [-0.3, -0.25) is 9.59 Å². The van der Waals surface area contributed by atoms with Crippen LogP contribution in [0.3, 0.4) is 0 Å². The van der Waals surface area contributed by atoms with Crippen molar-refractivity contribution in [2.75, 3.05) is 6.61 Å². The Bertz CT molecular complexity index is 1200. The molecule has 0 radical (unpaired) electrons. The number of esters is 2. The zero-order valence-electron chi connectivity index (χ0n) is 21.9. The summed E-state index contributed by atoms with van der Waals surface area (Å²) in [6.07, 6.45) is 3.20. The van der Waals surface area contributed by atoms with E-state index in [2.05, 4.69) is 5.32 Å². The lowest BCUT2D eigenvalue weighted by atomic mass is 9.81. The summed E-state index contributed by atoms with van der Waals surface area (Å²) in [6.45, 7) is 2.14. The summed E-state index contributed by atoms with van der Waals surface area (Å²) in [5.41, 5.74) is 3.08. The molecule has 1 atom stereocenters. The Morgan fingerprint density at radius 2 is 1.39 bits per heavy atom. The van der Waals surface area contributed by atoms with Crippen LogP contribution in [0.4, 0.5) is 0 Å². The minimum Gasteiger partial charge on any atom is -0.466 e. The van der Waals surface area contributed by atoms with Crippen LogP contribution in [0.5, 0.6) is 0 Å². The molecule has 6 heteroatoms. The molecule has 1 fully saturated rings. The highest BCUT2D eigenvalue weighted by Gasteiger charge is 2.44. The zero-order valence-corrected chi connectivity index (χ0v) is 21.9. The number of ether oxygens (including phenoxy) is 2. The summed E-state index contributed by atoms with van der Waals surface area (Å²) < 4.78 is 10.8. The average Bonchev–Trinajstić information content (AvgIpc) is 3.42. The van der Waals surface area contributed by atoms with Crippen molar-refractivity contribution in [3.05, 3.63) is 96.1 Å². The predicted octanol–water partition coefficient (Wildman–Crippen LogP) is 5.64. The number of hydrogen-bond acceptors (Lipinski definition) is 5. The SMILES string of the molecule is CCOC(=O)CC1(C(=O)NC(Cc2ccc(-c3ccccc3)cc2)C(=O)OCc2ccccc2)CCCC1. The first-order chi connectivity index (χ1) is 18.5. The zero-order chi connectivity index (χ0) is 26.8. The van der Waals surface area contributed by atoms with Crippen molar-refractivity contribution in [2.24, 2.45) is 5.41 Å². The van der Waals surface area contributed by atoms with Gasteiger partial charge in [0.25, 0.3) is 0 Å². The van der Waals surface area contributed by atoms with Crippen molar-refractivity contribution in [2.45, 2.75) is 58.1 Å². The van der Waals surface area contributed by atoms with Gasteiger partial charge in [-0.1, -0.05) is 97.8 Å². The molecule has 0 bridgehead atoms. The normalized spacial score (nSPS) is 14.9. The molecule has 198 valence electrons. The van der Waals surface area contributed by atoms with Crippen LogP contribution in [0.2, 0.25) is 0 Å². The average molecular weight is 514 g/mol. The van der Waals surface area contributed by atoms with E-state index in [0.29, 0.717) is 12.8 Å². The highest BCUT2D eigenvalue weighted by molar-refractivity contribution is 5.91. The van der Waals surface area contributed by atoms with E-state index in [4.69, 9.17) is 9.47 Å². The van der Waals surface area contributed by atoms with E-state index in [9.17, 15) is 14.4 Å². The Morgan fingerprint density at radius 1 is 0.789 bits per heavy atom. The topological polar surface area (TPSA) is 81.7 Å². The van der Waals surface area contributed by atoms with Crippen LogP contribution in [0.25, 0.3) is 11.1 Å². The van der Waals surface area contributed by atoms with Gasteiger partial charge in [-0.15, -0.1) is 0 Å². The van der Waals surface area contributed by atoms with Crippen LogP contribution in [-0.4, -0.2) is 30.5 Å². The lowest BCUT2D eigenvalue weighted by Crippen LogP contribution is -2.50. The Hall–Kier alpha value is -3.93. The van der Waals surface area contributed by atoms with Gasteiger partial charge in [-0.25, -0.2) is 4.79 Å². The summed E-state index contributed by atoms with van der Waals surface area (Å²) in [7, 11) is 0. The van der Waals surface area contributed by atoms with E-state index in [0.717, 1.165) is 35.1 Å². The summed E-state index contributed by atoms with van der Waals surface area (Å²) in [6, 6.07) is 26.6. The van der Waals surface area contributed by atoms with Crippen molar-refractivity contribution in [3.8, 4) is 11.1 Å². The van der Waals surface area contributed by atoms with Gasteiger partial charge in [0, 0.05) is 6.42 Å². The van der Waals surface area contributed by atoms with Gasteiger partial charge in [0.2, 0.25) is 5.91 Å². The minimum atomic E-state index is -0.881. The largest absolute Gasteiger partial charge is 0.466 e. The van der Waals surface area contributed by atoms with E-state index in [-0.39, 0.29) is 37.9 Å². The fourth-order valence-corrected chi connectivity index (χ4v) is 5.06. The number of carbonyl (C=O) groups is 3. The Kier molecular flexibility index (Phi) is 9.30. The molecule has 0 spiro atoms. The highest BCUT2D eigenvalue weighted by Crippen LogP contribution is 2.42. The van der Waals surface area contributed by atoms with E-state index < -0.39 is 17.4 Å². The molecule has 1 unspecified atom stereocenters. The molecule has 0 saturated heterocycles. The van der Waals surface area contributed by atoms with Crippen molar-refractivity contribution in [1.82, 2.24) is 5.32 Å². The van der Waals surface area contributed by atoms with E-state index in [1.807, 2.05) is 84.9 Å². The van der Waals surface area contributed by atoms with Gasteiger partial charge in [0.15, 0.2) is 0 Å². The monoisotopic (exact) mass is 513 g/mol. The fourth-order valence-electron chi connectivity index (χ4n) is 5.06. The van der Waals surface area contributed by atoms with Gasteiger partial charge in [0.1, 0.15) is 12.6 Å². The fraction of sp³-hybridized carbons (Fsp3) is 0.344. The third-order valence-corrected chi connectivity index (χ3v) is 7.15. The number of nitrogens with one attached hydrogen (secondary N) is 1. The Balaban J connectivity index is 1.51. The van der Waals surface area contributed by atoms with Gasteiger partial charge in [-0.2, -0.15) is 0 Å². The molecule has 38 heavy (non-hydrogen) atoms. The molecule has 3 aromatic rings. The maximum atomic E-state index is 13.6. The number of benzene rings is 3. The van der Waals surface area contributed by atoms with Crippen LogP contribution in [0, 0.1) is 5.41 Å². The van der Waals surface area contributed by atoms with Crippen LogP contribution in [-0.2, 0) is 36.9 Å². The summed E-state index contributed by atoms with van der Waals surface area (Å²) in [5.74, 6) is -1.17. The van der Waals surface area contributed by atoms with Crippen molar-refractivity contribution in [3.63, 3.8) is 0 Å². The second kappa shape index (κ2) is 13.0. The van der Waals surface area contributed by atoms with Gasteiger partial charge < -0.3 is 14.8 Å². The van der Waals surface area contributed by atoms with E-state index >= 15 is 0 Å². The summed E-state index contributed by atoms with van der Waals surface area (Å²) in [4.78, 5) is 39.2. The van der Waals surface area contributed by atoms with E-state index in [1.165, 1.54) is 0 Å². The number of amides is 1. The van der Waals surface area contributed by atoms with Gasteiger partial charge >= 0.3 is 11.9 Å². The summed E-state index contributed by atoms with van der Waals surface area (Å²) in [5, 5.41) is 2.96. The molecule has 4 rings (SSSR count). The standard InChI is InChI=1S/C32H35NO5/c1-2-37-29(34)22-32(19-9-10-20-32)31(36)33-28(30(35)38-23-25-11-5-3-6-12-25)21-24-15-17-27(18-16-24)26-13-7-4-8-14-26/h3-8,11-18,28H,2,9-10,19-23H2,1H3,(H,33,36). The predicted molar refractivity (Wildman–Crippen MR) is 146 cm³/mol. The van der Waals surface area contributed by atoms with Crippen molar-refractivity contribution in [1.29, 1.82) is 0 Å². The second-order valence-electron chi connectivity index (χ2n) is 9.86. The number of carbonyl (C=O) groups excluding carboxylic acids is 3. The van der Waals surface area contributed by atoms with Crippen molar-refractivity contribution >= 4 is 17.8 Å². The second-order valence-corrected chi connectivity index (χ2v) is 9.86. The maximum Gasteiger partial charge on any atom is 0.329 e.